The Hall–Kier alpha value is -3.91. The molecule has 15 heteroatoms. The monoisotopic (exact) mass is 604 g/mol. The van der Waals surface area contributed by atoms with Gasteiger partial charge in [0.05, 0.1) is 0 Å². The van der Waals surface area contributed by atoms with Gasteiger partial charge >= 0.3 is 5.97 Å². The number of aliphatic carboxylic acids is 1. The molecular formula is C27H36F4N4O7. The zero-order valence-corrected chi connectivity index (χ0v) is 24.2. The number of ether oxygens (including phenoxy) is 1. The Morgan fingerprint density at radius 3 is 2.14 bits per heavy atom. The molecular weight excluding hydrogens is 568 g/mol. The number of nitrogens with one attached hydrogen (secondary N) is 2. The van der Waals surface area contributed by atoms with Crippen LogP contribution in [0.15, 0.2) is 6.07 Å². The van der Waals surface area contributed by atoms with Crippen LogP contribution in [0.25, 0.3) is 0 Å². The van der Waals surface area contributed by atoms with Crippen molar-refractivity contribution in [2.75, 3.05) is 19.7 Å². The third-order valence-electron chi connectivity index (χ3n) is 6.49. The molecule has 0 aliphatic carbocycles. The summed E-state index contributed by atoms with van der Waals surface area (Å²) in [6.07, 6.45) is 0.854. The number of carbonyl (C=O) groups is 5. The van der Waals surface area contributed by atoms with Gasteiger partial charge in [0.15, 0.2) is 24.0 Å². The van der Waals surface area contributed by atoms with Gasteiger partial charge in [-0.3, -0.25) is 29.4 Å². The first-order valence-corrected chi connectivity index (χ1v) is 13.2. The predicted molar refractivity (Wildman–Crippen MR) is 139 cm³/mol. The number of carboxylic acids is 1. The Labute approximate surface area is 240 Å². The SMILES string of the molecule is CC(=O)NC(C(=O)N1CC[C@H](CC(C)(C)C)[C@@H]1C(=O)NN(CC(=O)O)C(=O)COc1c(F)c(F)cc(F)c1F)C(C)C. The first kappa shape index (κ1) is 34.3. The van der Waals surface area contributed by atoms with Crippen molar-refractivity contribution < 1.29 is 51.4 Å². The summed E-state index contributed by atoms with van der Waals surface area (Å²) in [7, 11) is 0. The van der Waals surface area contributed by atoms with Crippen LogP contribution < -0.4 is 15.5 Å². The van der Waals surface area contributed by atoms with E-state index in [1.807, 2.05) is 20.8 Å². The summed E-state index contributed by atoms with van der Waals surface area (Å²) >= 11 is 0. The second kappa shape index (κ2) is 13.8. The quantitative estimate of drug-likeness (QED) is 0.211. The molecule has 1 fully saturated rings. The van der Waals surface area contributed by atoms with Crippen LogP contribution in [0.1, 0.15) is 54.4 Å². The Bertz CT molecular complexity index is 1200. The smallest absolute Gasteiger partial charge is 0.325 e. The normalized spacial score (nSPS) is 17.5. The molecule has 1 aromatic carbocycles. The number of nitrogens with zero attached hydrogens (tertiary/aromatic N) is 2. The van der Waals surface area contributed by atoms with Crippen LogP contribution in [0.4, 0.5) is 17.6 Å². The number of likely N-dealkylation sites (tertiary alicyclic amines) is 1. The largest absolute Gasteiger partial charge is 0.480 e. The average molecular weight is 605 g/mol. The van der Waals surface area contributed by atoms with Gasteiger partial charge in [-0.25, -0.2) is 13.8 Å². The number of benzene rings is 1. The molecule has 3 N–H and O–H groups in total. The van der Waals surface area contributed by atoms with E-state index in [1.165, 1.54) is 11.8 Å². The number of hydrazine groups is 1. The van der Waals surface area contributed by atoms with Crippen LogP contribution in [-0.2, 0) is 24.0 Å². The van der Waals surface area contributed by atoms with Crippen molar-refractivity contribution in [1.29, 1.82) is 0 Å². The van der Waals surface area contributed by atoms with Gasteiger partial charge in [-0.2, -0.15) is 8.78 Å². The molecule has 11 nitrogen and oxygen atoms in total. The molecule has 0 radical (unpaired) electrons. The maximum Gasteiger partial charge on any atom is 0.325 e. The number of carboxylic acid groups (broad SMARTS) is 1. The van der Waals surface area contributed by atoms with E-state index in [0.29, 0.717) is 17.9 Å². The maximum atomic E-state index is 14.0. The van der Waals surface area contributed by atoms with Crippen molar-refractivity contribution in [3.63, 3.8) is 0 Å². The number of halogens is 4. The molecule has 2 rings (SSSR count). The number of hydrogen-bond donors (Lipinski definition) is 3. The summed E-state index contributed by atoms with van der Waals surface area (Å²) in [5, 5.41) is 12.2. The van der Waals surface area contributed by atoms with Gasteiger partial charge in [0, 0.05) is 19.5 Å². The Balaban J connectivity index is 2.35. The molecule has 0 saturated carbocycles. The lowest BCUT2D eigenvalue weighted by atomic mass is 9.81. The minimum Gasteiger partial charge on any atom is -0.480 e. The van der Waals surface area contributed by atoms with Gasteiger partial charge in [-0.1, -0.05) is 34.6 Å². The van der Waals surface area contributed by atoms with E-state index in [0.717, 1.165) is 0 Å². The van der Waals surface area contributed by atoms with Crippen LogP contribution in [0, 0.1) is 40.5 Å². The third kappa shape index (κ3) is 8.79. The highest BCUT2D eigenvalue weighted by Crippen LogP contribution is 2.36. The van der Waals surface area contributed by atoms with E-state index in [1.54, 1.807) is 13.8 Å². The molecule has 234 valence electrons. The van der Waals surface area contributed by atoms with Crippen LogP contribution in [0.3, 0.4) is 0 Å². The summed E-state index contributed by atoms with van der Waals surface area (Å²) in [6, 6.07) is -2.20. The van der Waals surface area contributed by atoms with Crippen LogP contribution in [-0.4, -0.2) is 76.4 Å². The van der Waals surface area contributed by atoms with Gasteiger partial charge in [0.2, 0.25) is 23.4 Å². The lowest BCUT2D eigenvalue weighted by molar-refractivity contribution is -0.153. The van der Waals surface area contributed by atoms with Gasteiger partial charge in [0.25, 0.3) is 11.8 Å². The summed E-state index contributed by atoms with van der Waals surface area (Å²) in [5.74, 6) is -14.6. The topological polar surface area (TPSA) is 145 Å². The fourth-order valence-corrected chi connectivity index (χ4v) is 4.78. The second-order valence-corrected chi connectivity index (χ2v) is 11.6. The zero-order chi connectivity index (χ0) is 32.1. The minimum absolute atomic E-state index is 0.0608. The van der Waals surface area contributed by atoms with Crippen molar-refractivity contribution in [2.24, 2.45) is 17.3 Å². The van der Waals surface area contributed by atoms with Crippen LogP contribution in [0.5, 0.6) is 5.75 Å². The van der Waals surface area contributed by atoms with Crippen molar-refractivity contribution in [3.05, 3.63) is 29.3 Å². The standard InChI is InChI=1S/C27H36F4N4O7/c1-13(2)22(32-14(3)36)26(41)34-8-7-15(10-27(4,5)6)23(34)25(40)33-35(11-19(38)39)18(37)12-42-24-20(30)16(28)9-17(29)21(24)31/h9,13,15,22-23H,7-8,10-12H2,1-6H3,(H,32,36)(H,33,40)(H,38,39)/t15-,22?,23-/m1/s1. The number of carbonyl (C=O) groups excluding carboxylic acids is 4. The maximum absolute atomic E-state index is 14.0. The summed E-state index contributed by atoms with van der Waals surface area (Å²) in [6.45, 7) is 8.14. The first-order chi connectivity index (χ1) is 19.3. The van der Waals surface area contributed by atoms with Gasteiger partial charge in [-0.05, 0) is 30.1 Å². The molecule has 1 aliphatic rings. The molecule has 1 aliphatic heterocycles. The highest BCUT2D eigenvalue weighted by Gasteiger charge is 2.46. The summed E-state index contributed by atoms with van der Waals surface area (Å²) in [5.41, 5.74) is 1.86. The highest BCUT2D eigenvalue weighted by molar-refractivity contribution is 5.94. The van der Waals surface area contributed by atoms with E-state index in [9.17, 15) is 46.6 Å². The Morgan fingerprint density at radius 1 is 1.10 bits per heavy atom. The molecule has 3 atom stereocenters. The molecule has 4 amide bonds. The zero-order valence-electron chi connectivity index (χ0n) is 24.2. The lowest BCUT2D eigenvalue weighted by Gasteiger charge is -2.34. The van der Waals surface area contributed by atoms with Crippen molar-refractivity contribution in [1.82, 2.24) is 20.7 Å². The van der Waals surface area contributed by atoms with Crippen LogP contribution >= 0.6 is 0 Å². The lowest BCUT2D eigenvalue weighted by Crippen LogP contribution is -2.59. The fourth-order valence-electron chi connectivity index (χ4n) is 4.78. The Kier molecular flexibility index (Phi) is 11.3. The second-order valence-electron chi connectivity index (χ2n) is 11.6. The van der Waals surface area contributed by atoms with Gasteiger partial charge in [0.1, 0.15) is 18.6 Å². The van der Waals surface area contributed by atoms with Gasteiger partial charge < -0.3 is 20.1 Å². The first-order valence-electron chi connectivity index (χ1n) is 13.2. The van der Waals surface area contributed by atoms with E-state index in [4.69, 9.17) is 0 Å². The molecule has 1 saturated heterocycles. The van der Waals surface area contributed by atoms with Gasteiger partial charge in [-0.15, -0.1) is 0 Å². The number of hydrogen-bond acceptors (Lipinski definition) is 6. The minimum atomic E-state index is -1.92. The number of rotatable bonds is 10. The molecule has 42 heavy (non-hydrogen) atoms. The highest BCUT2D eigenvalue weighted by atomic mass is 19.2. The molecule has 0 spiro atoms. The summed E-state index contributed by atoms with van der Waals surface area (Å²) in [4.78, 5) is 64.4. The Morgan fingerprint density at radius 2 is 1.67 bits per heavy atom. The van der Waals surface area contributed by atoms with Crippen molar-refractivity contribution >= 4 is 29.6 Å². The molecule has 0 bridgehead atoms. The van der Waals surface area contributed by atoms with Crippen molar-refractivity contribution in [2.45, 2.75) is 66.5 Å². The third-order valence-corrected chi connectivity index (χ3v) is 6.49. The molecule has 1 unspecified atom stereocenters. The van der Waals surface area contributed by atoms with Crippen LogP contribution in [0.2, 0.25) is 0 Å². The van der Waals surface area contributed by atoms with Crippen molar-refractivity contribution in [3.8, 4) is 5.75 Å². The van der Waals surface area contributed by atoms with E-state index in [2.05, 4.69) is 15.5 Å². The molecule has 0 aromatic heterocycles. The van der Waals surface area contributed by atoms with E-state index in [-0.39, 0.29) is 23.9 Å². The van der Waals surface area contributed by atoms with E-state index >= 15 is 0 Å². The average Bonchev–Trinajstić information content (AvgIpc) is 3.26. The fraction of sp³-hybridized carbons (Fsp3) is 0.593. The number of amides is 4. The molecule has 1 aromatic rings. The molecule has 1 heterocycles. The van der Waals surface area contributed by atoms with E-state index < -0.39 is 89.8 Å². The predicted octanol–water partition coefficient (Wildman–Crippen LogP) is 2.38. The summed E-state index contributed by atoms with van der Waals surface area (Å²) < 4.78 is 59.6.